The Morgan fingerprint density at radius 3 is 2.04 bits per heavy atom. The lowest BCUT2D eigenvalue weighted by Crippen LogP contribution is -2.95. The maximum absolute atomic E-state index is 11.0. The second-order valence-electron chi connectivity index (χ2n) is 6.27. The summed E-state index contributed by atoms with van der Waals surface area (Å²) in [5.41, 5.74) is 1.94. The average molecular weight is 355 g/mol. The molecule has 0 saturated carbocycles. The summed E-state index contributed by atoms with van der Waals surface area (Å²) in [6.07, 6.45) is -1.53. The lowest BCUT2D eigenvalue weighted by Gasteiger charge is -2.19. The minimum atomic E-state index is -1.49. The Bertz CT molecular complexity index is 896. The molecular formula is C19H19N2O5-. The van der Waals surface area contributed by atoms with Gasteiger partial charge >= 0.3 is 0 Å². The standard InChI is InChI=1S/C19H20N2O5/c22-12(10-20-15(19(25)26)9-18(23)24)11-21-16-7-3-1-5-13(16)14-6-2-4-8-17(14)21/h1-8,12,15,20,22H,9-11H2,(H,23,24)(H,25,26)/p-1/t12-,15-/m0/s1. The molecule has 0 fully saturated rings. The van der Waals surface area contributed by atoms with Crippen LogP contribution in [0.1, 0.15) is 6.42 Å². The van der Waals surface area contributed by atoms with Crippen molar-refractivity contribution in [1.29, 1.82) is 0 Å². The SMILES string of the molecule is O=C([O-])C[C@H]([NH2+]C[C@H](O)Cn1c2ccccc2c2ccccc21)C(=O)[O-]. The van der Waals surface area contributed by atoms with E-state index in [2.05, 4.69) is 0 Å². The Kier molecular flexibility index (Phi) is 5.20. The molecule has 0 spiro atoms. The number of carboxylic acids is 2. The van der Waals surface area contributed by atoms with Gasteiger partial charge < -0.3 is 34.8 Å². The highest BCUT2D eigenvalue weighted by molar-refractivity contribution is 6.07. The average Bonchev–Trinajstić information content (AvgIpc) is 2.93. The Morgan fingerprint density at radius 2 is 1.54 bits per heavy atom. The van der Waals surface area contributed by atoms with Crippen LogP contribution in [-0.2, 0) is 16.1 Å². The van der Waals surface area contributed by atoms with Crippen LogP contribution in [-0.4, -0.2) is 40.3 Å². The fourth-order valence-electron chi connectivity index (χ4n) is 3.25. The predicted molar refractivity (Wildman–Crippen MR) is 90.7 cm³/mol. The monoisotopic (exact) mass is 355 g/mol. The number of aliphatic carboxylic acids is 2. The van der Waals surface area contributed by atoms with Gasteiger partial charge in [0.1, 0.15) is 18.7 Å². The number of nitrogens with zero attached hydrogens (tertiary/aromatic N) is 1. The minimum Gasteiger partial charge on any atom is -0.550 e. The highest BCUT2D eigenvalue weighted by Gasteiger charge is 2.18. The summed E-state index contributed by atoms with van der Waals surface area (Å²) in [7, 11) is 0. The van der Waals surface area contributed by atoms with E-state index in [9.17, 15) is 24.9 Å². The lowest BCUT2D eigenvalue weighted by atomic mass is 10.2. The van der Waals surface area contributed by atoms with Crippen LogP contribution in [0, 0.1) is 0 Å². The van der Waals surface area contributed by atoms with Gasteiger partial charge in [0.05, 0.1) is 12.5 Å². The van der Waals surface area contributed by atoms with Crippen LogP contribution < -0.4 is 15.5 Å². The Hall–Kier alpha value is -2.90. The zero-order chi connectivity index (χ0) is 18.7. The second kappa shape index (κ2) is 7.55. The van der Waals surface area contributed by atoms with Gasteiger partial charge in [0, 0.05) is 34.2 Å². The number of carboxylic acid groups (broad SMARTS) is 2. The highest BCUT2D eigenvalue weighted by atomic mass is 16.4. The Balaban J connectivity index is 1.79. The third kappa shape index (κ3) is 3.68. The van der Waals surface area contributed by atoms with E-state index >= 15 is 0 Å². The fraction of sp³-hybridized carbons (Fsp3) is 0.263. The molecule has 7 heteroatoms. The molecule has 26 heavy (non-hydrogen) atoms. The van der Waals surface area contributed by atoms with Gasteiger partial charge in [-0.1, -0.05) is 36.4 Å². The van der Waals surface area contributed by atoms with Crippen molar-refractivity contribution in [2.75, 3.05) is 6.54 Å². The van der Waals surface area contributed by atoms with Gasteiger partial charge in [-0.15, -0.1) is 0 Å². The number of fused-ring (bicyclic) bond motifs is 3. The molecule has 0 aliphatic carbocycles. The van der Waals surface area contributed by atoms with E-state index < -0.39 is 30.5 Å². The van der Waals surface area contributed by atoms with Crippen LogP contribution >= 0.6 is 0 Å². The van der Waals surface area contributed by atoms with Gasteiger partial charge in [0.15, 0.2) is 0 Å². The zero-order valence-electron chi connectivity index (χ0n) is 14.0. The van der Waals surface area contributed by atoms with E-state index in [-0.39, 0.29) is 13.1 Å². The molecule has 0 amide bonds. The predicted octanol–water partition coefficient (Wildman–Crippen LogP) is -2.02. The Morgan fingerprint density at radius 1 is 1.00 bits per heavy atom. The van der Waals surface area contributed by atoms with E-state index in [0.717, 1.165) is 21.8 Å². The molecular weight excluding hydrogens is 336 g/mol. The zero-order valence-corrected chi connectivity index (χ0v) is 14.0. The number of para-hydroxylation sites is 2. The van der Waals surface area contributed by atoms with Crippen LogP contribution in [0.4, 0.5) is 0 Å². The van der Waals surface area contributed by atoms with Gasteiger partial charge in [0.25, 0.3) is 0 Å². The van der Waals surface area contributed by atoms with Crippen LogP contribution in [0.25, 0.3) is 21.8 Å². The van der Waals surface area contributed by atoms with Crippen LogP contribution in [0.5, 0.6) is 0 Å². The summed E-state index contributed by atoms with van der Waals surface area (Å²) in [5.74, 6) is -2.95. The summed E-state index contributed by atoms with van der Waals surface area (Å²) in [6, 6.07) is 14.4. The van der Waals surface area contributed by atoms with Gasteiger partial charge in [-0.3, -0.25) is 0 Å². The number of aliphatic hydroxyl groups excluding tert-OH is 1. The maximum atomic E-state index is 11.0. The van der Waals surface area contributed by atoms with E-state index in [1.807, 2.05) is 53.1 Å². The molecule has 0 unspecified atom stereocenters. The summed E-state index contributed by atoms with van der Waals surface area (Å²) < 4.78 is 1.98. The van der Waals surface area contributed by atoms with Crippen LogP contribution in [0.3, 0.4) is 0 Å². The number of hydrogen-bond donors (Lipinski definition) is 2. The van der Waals surface area contributed by atoms with E-state index in [0.29, 0.717) is 0 Å². The number of hydrogen-bond acceptors (Lipinski definition) is 5. The van der Waals surface area contributed by atoms with Crippen molar-refractivity contribution < 1.29 is 30.2 Å². The number of benzene rings is 2. The molecule has 3 rings (SSSR count). The highest BCUT2D eigenvalue weighted by Crippen LogP contribution is 2.28. The van der Waals surface area contributed by atoms with E-state index in [1.54, 1.807) is 0 Å². The van der Waals surface area contributed by atoms with Crippen molar-refractivity contribution >= 4 is 33.7 Å². The molecule has 1 heterocycles. The molecule has 2 atom stereocenters. The van der Waals surface area contributed by atoms with Crippen molar-refractivity contribution in [2.24, 2.45) is 0 Å². The first-order valence-corrected chi connectivity index (χ1v) is 8.35. The van der Waals surface area contributed by atoms with Crippen molar-refractivity contribution in [3.63, 3.8) is 0 Å². The molecule has 0 radical (unpaired) electrons. The van der Waals surface area contributed by atoms with E-state index in [4.69, 9.17) is 0 Å². The molecule has 3 aromatic rings. The Labute approximate surface area is 149 Å². The topological polar surface area (TPSA) is 122 Å². The number of rotatable bonds is 8. The van der Waals surface area contributed by atoms with Crippen molar-refractivity contribution in [3.05, 3.63) is 48.5 Å². The van der Waals surface area contributed by atoms with Gasteiger partial charge in [-0.25, -0.2) is 0 Å². The smallest absolute Gasteiger partial charge is 0.131 e. The molecule has 0 aliphatic rings. The minimum absolute atomic E-state index is 0.0345. The first-order chi connectivity index (χ1) is 12.5. The summed E-state index contributed by atoms with van der Waals surface area (Å²) in [5, 5.41) is 35.4. The number of aromatic nitrogens is 1. The second-order valence-corrected chi connectivity index (χ2v) is 6.27. The van der Waals surface area contributed by atoms with Gasteiger partial charge in [0.2, 0.25) is 0 Å². The first-order valence-electron chi connectivity index (χ1n) is 8.35. The van der Waals surface area contributed by atoms with E-state index in [1.165, 1.54) is 5.32 Å². The van der Waals surface area contributed by atoms with Crippen LogP contribution in [0.15, 0.2) is 48.5 Å². The molecule has 0 aliphatic heterocycles. The third-order valence-electron chi connectivity index (χ3n) is 4.46. The summed E-state index contributed by atoms with van der Waals surface area (Å²) in [4.78, 5) is 21.6. The summed E-state index contributed by atoms with van der Waals surface area (Å²) in [6.45, 7) is 0.294. The quantitative estimate of drug-likeness (QED) is 0.483. The van der Waals surface area contributed by atoms with Gasteiger partial charge in [-0.2, -0.15) is 0 Å². The molecule has 1 aromatic heterocycles. The molecule has 0 bridgehead atoms. The number of carbonyl (C=O) groups excluding carboxylic acids is 2. The molecule has 0 saturated heterocycles. The largest absolute Gasteiger partial charge is 0.550 e. The molecule has 7 nitrogen and oxygen atoms in total. The maximum Gasteiger partial charge on any atom is 0.131 e. The normalized spacial score (nSPS) is 13.7. The first kappa shape index (κ1) is 17.9. The van der Waals surface area contributed by atoms with Crippen molar-refractivity contribution in [1.82, 2.24) is 4.57 Å². The number of quaternary nitrogens is 1. The van der Waals surface area contributed by atoms with Crippen LogP contribution in [0.2, 0.25) is 0 Å². The number of carbonyl (C=O) groups is 2. The number of aliphatic hydroxyl groups is 1. The van der Waals surface area contributed by atoms with Crippen molar-refractivity contribution in [2.45, 2.75) is 25.1 Å². The summed E-state index contributed by atoms with van der Waals surface area (Å²) >= 11 is 0. The molecule has 3 N–H and O–H groups in total. The van der Waals surface area contributed by atoms with Gasteiger partial charge in [-0.05, 0) is 12.1 Å². The van der Waals surface area contributed by atoms with Crippen molar-refractivity contribution in [3.8, 4) is 0 Å². The molecule has 136 valence electrons. The lowest BCUT2D eigenvalue weighted by molar-refractivity contribution is -0.688. The molecule has 2 aromatic carbocycles. The third-order valence-corrected chi connectivity index (χ3v) is 4.46. The number of nitrogens with two attached hydrogens (primary N) is 1. The fourth-order valence-corrected chi connectivity index (χ4v) is 3.25.